The molecule has 1 aliphatic rings. The van der Waals surface area contributed by atoms with E-state index in [9.17, 15) is 4.79 Å². The molecule has 3 aromatic carbocycles. The molecule has 4 aromatic rings. The van der Waals surface area contributed by atoms with Gasteiger partial charge >= 0.3 is 6.03 Å². The maximum Gasteiger partial charge on any atom is 0.322 e. The highest BCUT2D eigenvalue weighted by molar-refractivity contribution is 5.89. The van der Waals surface area contributed by atoms with Crippen LogP contribution < -0.4 is 5.32 Å². The van der Waals surface area contributed by atoms with Crippen LogP contribution in [0, 0.1) is 13.8 Å². The summed E-state index contributed by atoms with van der Waals surface area (Å²) in [5, 5.41) is 3.10. The first-order valence-corrected chi connectivity index (χ1v) is 13.1. The van der Waals surface area contributed by atoms with Crippen LogP contribution in [0.4, 0.5) is 10.5 Å². The Morgan fingerprint density at radius 1 is 0.946 bits per heavy atom. The van der Waals surface area contributed by atoms with E-state index in [4.69, 9.17) is 4.98 Å². The molecule has 1 fully saturated rings. The maximum atomic E-state index is 13.4. The van der Waals surface area contributed by atoms with Crippen LogP contribution in [0.5, 0.6) is 0 Å². The van der Waals surface area contributed by atoms with Crippen molar-refractivity contribution >= 4 is 11.7 Å². The Morgan fingerprint density at radius 2 is 1.59 bits per heavy atom. The Bertz CT molecular complexity index is 1290. The number of H-pyrrole nitrogens is 1. The van der Waals surface area contributed by atoms with E-state index >= 15 is 0 Å². The van der Waals surface area contributed by atoms with Crippen molar-refractivity contribution < 1.29 is 4.79 Å². The van der Waals surface area contributed by atoms with Gasteiger partial charge in [0.05, 0.1) is 5.69 Å². The van der Waals surface area contributed by atoms with Crippen LogP contribution in [0.2, 0.25) is 0 Å². The number of aromatic nitrogens is 2. The van der Waals surface area contributed by atoms with E-state index in [0.29, 0.717) is 6.54 Å². The van der Waals surface area contributed by atoms with Crippen LogP contribution in [0.3, 0.4) is 0 Å². The zero-order chi connectivity index (χ0) is 25.6. The molecule has 6 nitrogen and oxygen atoms in total. The smallest absolute Gasteiger partial charge is 0.322 e. The molecule has 1 aromatic heterocycles. The molecule has 0 spiro atoms. The summed E-state index contributed by atoms with van der Waals surface area (Å²) >= 11 is 0. The highest BCUT2D eigenvalue weighted by Crippen LogP contribution is 2.24. The van der Waals surface area contributed by atoms with Crippen molar-refractivity contribution in [3.8, 4) is 11.4 Å². The molecule has 1 aliphatic heterocycles. The molecule has 0 unspecified atom stereocenters. The number of nitrogens with one attached hydrogen (secondary N) is 2. The maximum absolute atomic E-state index is 13.4. The molecule has 2 N–H and O–H groups in total. The number of aryl methyl sites for hydroxylation is 2. The number of benzene rings is 3. The molecule has 2 heterocycles. The van der Waals surface area contributed by atoms with Gasteiger partial charge in [0.1, 0.15) is 5.82 Å². The van der Waals surface area contributed by atoms with Gasteiger partial charge in [0.2, 0.25) is 0 Å². The Hall–Kier alpha value is -3.90. The predicted molar refractivity (Wildman–Crippen MR) is 149 cm³/mol. The van der Waals surface area contributed by atoms with Crippen molar-refractivity contribution in [2.24, 2.45) is 0 Å². The van der Waals surface area contributed by atoms with Crippen LogP contribution in [-0.4, -0.2) is 44.9 Å². The molecule has 0 atom stereocenters. The Labute approximate surface area is 219 Å². The van der Waals surface area contributed by atoms with E-state index in [2.05, 4.69) is 65.4 Å². The molecule has 0 aliphatic carbocycles. The number of carbonyl (C=O) groups excluding carboxylic acids is 1. The fourth-order valence-electron chi connectivity index (χ4n) is 4.96. The first-order chi connectivity index (χ1) is 18.0. The second kappa shape index (κ2) is 11.4. The molecule has 0 radical (unpaired) electrons. The normalized spacial score (nSPS) is 14.4. The molecule has 0 saturated carbocycles. The van der Waals surface area contributed by atoms with Crippen molar-refractivity contribution in [3.63, 3.8) is 0 Å². The van der Waals surface area contributed by atoms with E-state index < -0.39 is 0 Å². The minimum atomic E-state index is -0.0422. The van der Waals surface area contributed by atoms with Crippen molar-refractivity contribution in [3.05, 3.63) is 107 Å². The number of carbonyl (C=O) groups is 1. The summed E-state index contributed by atoms with van der Waals surface area (Å²) in [6.07, 6.45) is 1.87. The number of anilines is 1. The second-order valence-corrected chi connectivity index (χ2v) is 9.94. The number of rotatable bonds is 7. The average molecular weight is 494 g/mol. The third kappa shape index (κ3) is 6.27. The van der Waals surface area contributed by atoms with Gasteiger partial charge in [-0.3, -0.25) is 4.90 Å². The van der Waals surface area contributed by atoms with Crippen molar-refractivity contribution in [2.45, 2.75) is 45.8 Å². The Morgan fingerprint density at radius 3 is 2.27 bits per heavy atom. The van der Waals surface area contributed by atoms with Crippen LogP contribution in [0.15, 0.2) is 84.9 Å². The molecular formula is C31H35N5O. The minimum absolute atomic E-state index is 0.0422. The summed E-state index contributed by atoms with van der Waals surface area (Å²) < 4.78 is 0. The number of nitrogens with zero attached hydrogens (tertiary/aromatic N) is 3. The highest BCUT2D eigenvalue weighted by atomic mass is 16.2. The van der Waals surface area contributed by atoms with Gasteiger partial charge in [-0.05, 0) is 44.4 Å². The number of piperidine rings is 1. The van der Waals surface area contributed by atoms with Gasteiger partial charge in [-0.25, -0.2) is 9.78 Å². The van der Waals surface area contributed by atoms with Crippen LogP contribution >= 0.6 is 0 Å². The number of hydrogen-bond acceptors (Lipinski definition) is 3. The van der Waals surface area contributed by atoms with Crippen LogP contribution in [0.25, 0.3) is 11.4 Å². The molecular weight excluding hydrogens is 458 g/mol. The molecule has 2 amide bonds. The van der Waals surface area contributed by atoms with Gasteiger partial charge in [0, 0.05) is 49.2 Å². The zero-order valence-corrected chi connectivity index (χ0v) is 21.7. The monoisotopic (exact) mass is 493 g/mol. The second-order valence-electron chi connectivity index (χ2n) is 9.94. The minimum Gasteiger partial charge on any atom is -0.342 e. The zero-order valence-electron chi connectivity index (χ0n) is 21.7. The fraction of sp³-hybridized carbons (Fsp3) is 0.290. The lowest BCUT2D eigenvalue weighted by Crippen LogP contribution is -2.48. The molecule has 5 rings (SSSR count). The number of imidazole rings is 1. The fourth-order valence-corrected chi connectivity index (χ4v) is 4.96. The number of para-hydroxylation sites is 1. The largest absolute Gasteiger partial charge is 0.342 e. The summed E-state index contributed by atoms with van der Waals surface area (Å²) in [4.78, 5) is 26.2. The lowest BCUT2D eigenvalue weighted by atomic mass is 10.0. The molecule has 37 heavy (non-hydrogen) atoms. The summed E-state index contributed by atoms with van der Waals surface area (Å²) in [5.41, 5.74) is 6.53. The molecule has 6 heteroatoms. The van der Waals surface area contributed by atoms with Gasteiger partial charge in [-0.15, -0.1) is 0 Å². The van der Waals surface area contributed by atoms with E-state index in [-0.39, 0.29) is 12.1 Å². The van der Waals surface area contributed by atoms with Gasteiger partial charge in [-0.1, -0.05) is 78.4 Å². The van der Waals surface area contributed by atoms with E-state index in [1.54, 1.807) is 0 Å². The first kappa shape index (κ1) is 24.8. The summed E-state index contributed by atoms with van der Waals surface area (Å²) in [6.45, 7) is 7.47. The van der Waals surface area contributed by atoms with Gasteiger partial charge in [0.25, 0.3) is 0 Å². The van der Waals surface area contributed by atoms with E-state index in [0.717, 1.165) is 66.5 Å². The Balaban J connectivity index is 1.24. The van der Waals surface area contributed by atoms with Gasteiger partial charge in [-0.2, -0.15) is 0 Å². The van der Waals surface area contributed by atoms with E-state index in [1.165, 1.54) is 5.56 Å². The highest BCUT2D eigenvalue weighted by Gasteiger charge is 2.29. The van der Waals surface area contributed by atoms with Crippen LogP contribution in [0.1, 0.15) is 35.4 Å². The van der Waals surface area contributed by atoms with E-state index in [1.807, 2.05) is 53.4 Å². The number of urea groups is 1. The lowest BCUT2D eigenvalue weighted by Gasteiger charge is -2.38. The SMILES string of the molecule is Cc1ccc(-c2nc(CN3CCC(N(Cc4ccccc4)C(=O)Nc4ccccc4)CC3)c(C)[nH]2)cc1. The molecule has 1 saturated heterocycles. The quantitative estimate of drug-likeness (QED) is 0.313. The topological polar surface area (TPSA) is 64.3 Å². The van der Waals surface area contributed by atoms with Crippen molar-refractivity contribution in [1.29, 1.82) is 0 Å². The number of amides is 2. The lowest BCUT2D eigenvalue weighted by molar-refractivity contribution is 0.119. The van der Waals surface area contributed by atoms with Gasteiger partial charge < -0.3 is 15.2 Å². The summed E-state index contributed by atoms with van der Waals surface area (Å²) in [6, 6.07) is 28.6. The molecule has 190 valence electrons. The number of likely N-dealkylation sites (tertiary alicyclic amines) is 1. The van der Waals surface area contributed by atoms with Crippen molar-refractivity contribution in [1.82, 2.24) is 19.8 Å². The standard InChI is InChI=1S/C31H35N5O/c1-23-13-15-26(16-14-23)30-32-24(2)29(34-30)22-35-19-17-28(18-20-35)36(21-25-9-5-3-6-10-25)31(37)33-27-11-7-4-8-12-27/h3-16,28H,17-22H2,1-2H3,(H,32,34)(H,33,37). The average Bonchev–Trinajstić information content (AvgIpc) is 3.29. The predicted octanol–water partition coefficient (Wildman–Crippen LogP) is 6.39. The van der Waals surface area contributed by atoms with Crippen LogP contribution in [-0.2, 0) is 13.1 Å². The molecule has 0 bridgehead atoms. The van der Waals surface area contributed by atoms with Crippen molar-refractivity contribution in [2.75, 3.05) is 18.4 Å². The number of hydrogen-bond donors (Lipinski definition) is 2. The van der Waals surface area contributed by atoms with Gasteiger partial charge in [0.15, 0.2) is 0 Å². The third-order valence-corrected chi connectivity index (χ3v) is 7.16. The summed E-state index contributed by atoms with van der Waals surface area (Å²) in [7, 11) is 0. The number of aromatic amines is 1. The summed E-state index contributed by atoms with van der Waals surface area (Å²) in [5.74, 6) is 0.925. The third-order valence-electron chi connectivity index (χ3n) is 7.16. The Kier molecular flexibility index (Phi) is 7.66. The first-order valence-electron chi connectivity index (χ1n) is 13.1.